The van der Waals surface area contributed by atoms with Crippen LogP contribution in [0.25, 0.3) is 0 Å². The van der Waals surface area contributed by atoms with Gasteiger partial charge in [0.15, 0.2) is 0 Å². The molecule has 2 fully saturated rings. The number of para-hydroxylation sites is 1. The second-order valence-corrected chi connectivity index (χ2v) is 11.2. The molecule has 1 aliphatic heterocycles. The monoisotopic (exact) mass is 530 g/mol. The molecule has 1 saturated heterocycles. The normalized spacial score (nSPS) is 21.3. The summed E-state index contributed by atoms with van der Waals surface area (Å²) < 4.78 is 43.3. The van der Waals surface area contributed by atoms with E-state index < -0.39 is 35.7 Å². The largest absolute Gasteiger partial charge is 0.481 e. The van der Waals surface area contributed by atoms with E-state index in [9.17, 15) is 27.9 Å². The van der Waals surface area contributed by atoms with Crippen LogP contribution in [0.5, 0.6) is 0 Å². The minimum atomic E-state index is -2.85. The fourth-order valence-corrected chi connectivity index (χ4v) is 5.78. The van der Waals surface area contributed by atoms with E-state index >= 15 is 0 Å². The van der Waals surface area contributed by atoms with Crippen LogP contribution >= 0.6 is 0 Å². The highest BCUT2D eigenvalue weighted by atomic mass is 19.3. The number of hydrogen-bond donors (Lipinski definition) is 1. The number of aliphatic carboxylic acids is 1. The lowest BCUT2D eigenvalue weighted by Gasteiger charge is -2.42. The maximum atomic E-state index is 14.7. The summed E-state index contributed by atoms with van der Waals surface area (Å²) in [6.45, 7) is 5.17. The van der Waals surface area contributed by atoms with Crippen molar-refractivity contribution >= 4 is 17.6 Å². The van der Waals surface area contributed by atoms with Crippen molar-refractivity contribution in [2.75, 3.05) is 18.0 Å². The van der Waals surface area contributed by atoms with E-state index in [0.29, 0.717) is 43.7 Å². The number of carboxylic acids is 1. The summed E-state index contributed by atoms with van der Waals surface area (Å²) in [6.07, 6.45) is 0.322. The van der Waals surface area contributed by atoms with Gasteiger partial charge in [0.2, 0.25) is 11.8 Å². The third-order valence-electron chi connectivity index (χ3n) is 8.18. The lowest BCUT2D eigenvalue weighted by atomic mass is 9.75. The summed E-state index contributed by atoms with van der Waals surface area (Å²) in [5, 5.41) is 10.2. The fraction of sp³-hybridized carbons (Fsp3) is 0.533. The molecular formula is C30H37F3N2O3. The van der Waals surface area contributed by atoms with Crippen molar-refractivity contribution in [1.82, 2.24) is 4.90 Å². The van der Waals surface area contributed by atoms with E-state index in [-0.39, 0.29) is 37.4 Å². The minimum Gasteiger partial charge on any atom is -0.481 e. The molecule has 1 atom stereocenters. The van der Waals surface area contributed by atoms with Gasteiger partial charge >= 0.3 is 5.97 Å². The number of benzene rings is 2. The Bertz CT molecular complexity index is 1130. The molecule has 8 heteroatoms. The standard InChI is InChI=1S/C30H37F3N2O3/c1-21(2)22-10-11-23(26(31)17-22)20-34-15-13-29(14-16-34,28(37)38)19-27(36)35(24-7-4-3-5-8-24)25-9-6-12-30(32,33)18-25/h3-5,7-8,10-11,17,21,25H,6,9,12-16,18-20H2,1-2H3,(H,37,38). The zero-order valence-corrected chi connectivity index (χ0v) is 22.1. The second-order valence-electron chi connectivity index (χ2n) is 11.2. The Morgan fingerprint density at radius 3 is 2.34 bits per heavy atom. The number of halogens is 3. The highest BCUT2D eigenvalue weighted by Crippen LogP contribution is 2.41. The van der Waals surface area contributed by atoms with Gasteiger partial charge in [0.25, 0.3) is 0 Å². The molecule has 1 heterocycles. The molecule has 2 aromatic carbocycles. The van der Waals surface area contributed by atoms with Gasteiger partial charge in [-0.2, -0.15) is 0 Å². The molecule has 4 rings (SSSR count). The Kier molecular flexibility index (Phi) is 8.50. The average Bonchev–Trinajstić information content (AvgIpc) is 2.86. The van der Waals surface area contributed by atoms with Gasteiger partial charge in [-0.15, -0.1) is 0 Å². The van der Waals surface area contributed by atoms with Crippen LogP contribution in [0, 0.1) is 11.2 Å². The van der Waals surface area contributed by atoms with Gasteiger partial charge in [0.1, 0.15) is 5.82 Å². The van der Waals surface area contributed by atoms with Crippen molar-refractivity contribution in [3.63, 3.8) is 0 Å². The van der Waals surface area contributed by atoms with E-state index in [0.717, 1.165) is 5.56 Å². The Morgan fingerprint density at radius 1 is 1.08 bits per heavy atom. The lowest BCUT2D eigenvalue weighted by molar-refractivity contribution is -0.155. The van der Waals surface area contributed by atoms with Crippen LogP contribution in [-0.2, 0) is 16.1 Å². The number of amides is 1. The third kappa shape index (κ3) is 6.40. The first-order valence-electron chi connectivity index (χ1n) is 13.5. The van der Waals surface area contributed by atoms with E-state index in [4.69, 9.17) is 0 Å². The van der Waals surface area contributed by atoms with Crippen LogP contribution in [0.3, 0.4) is 0 Å². The van der Waals surface area contributed by atoms with Gasteiger partial charge in [-0.25, -0.2) is 13.2 Å². The zero-order valence-electron chi connectivity index (χ0n) is 22.1. The molecule has 1 amide bonds. The van der Waals surface area contributed by atoms with Crippen LogP contribution in [0.15, 0.2) is 48.5 Å². The molecule has 0 radical (unpaired) electrons. The predicted molar refractivity (Wildman–Crippen MR) is 141 cm³/mol. The van der Waals surface area contributed by atoms with E-state index in [1.807, 2.05) is 24.8 Å². The Morgan fingerprint density at radius 2 is 1.76 bits per heavy atom. The van der Waals surface area contributed by atoms with Crippen molar-refractivity contribution in [3.05, 3.63) is 65.5 Å². The molecule has 0 bridgehead atoms. The summed E-state index contributed by atoms with van der Waals surface area (Å²) in [7, 11) is 0. The summed E-state index contributed by atoms with van der Waals surface area (Å²) in [5.74, 6) is -4.40. The molecule has 5 nitrogen and oxygen atoms in total. The first-order chi connectivity index (χ1) is 18.0. The Labute approximate surface area is 222 Å². The predicted octanol–water partition coefficient (Wildman–Crippen LogP) is 6.62. The summed E-state index contributed by atoms with van der Waals surface area (Å²) in [5.41, 5.74) is 0.699. The van der Waals surface area contributed by atoms with Gasteiger partial charge in [-0.05, 0) is 68.5 Å². The maximum absolute atomic E-state index is 14.7. The quantitative estimate of drug-likeness (QED) is 0.417. The summed E-state index contributed by atoms with van der Waals surface area (Å²) >= 11 is 0. The van der Waals surface area contributed by atoms with Crippen molar-refractivity contribution in [3.8, 4) is 0 Å². The number of rotatable bonds is 8. The van der Waals surface area contributed by atoms with Crippen LogP contribution < -0.4 is 4.90 Å². The average molecular weight is 531 g/mol. The molecule has 38 heavy (non-hydrogen) atoms. The number of piperidine rings is 1. The van der Waals surface area contributed by atoms with Gasteiger partial charge < -0.3 is 10.0 Å². The van der Waals surface area contributed by atoms with Crippen LogP contribution in [0.4, 0.5) is 18.9 Å². The molecule has 0 spiro atoms. The summed E-state index contributed by atoms with van der Waals surface area (Å²) in [4.78, 5) is 29.6. The lowest BCUT2D eigenvalue weighted by Crippen LogP contribution is -2.50. The van der Waals surface area contributed by atoms with Gasteiger partial charge in [-0.3, -0.25) is 14.5 Å². The number of nitrogens with zero attached hydrogens (tertiary/aromatic N) is 2. The number of likely N-dealkylation sites (tertiary alicyclic amines) is 1. The molecular weight excluding hydrogens is 493 g/mol. The van der Waals surface area contributed by atoms with Crippen molar-refractivity contribution in [2.45, 2.75) is 83.2 Å². The zero-order chi connectivity index (χ0) is 27.5. The first kappa shape index (κ1) is 28.1. The van der Waals surface area contributed by atoms with Crippen LogP contribution in [0.2, 0.25) is 0 Å². The molecule has 1 aliphatic carbocycles. The smallest absolute Gasteiger partial charge is 0.310 e. The molecule has 1 saturated carbocycles. The number of hydrogen-bond acceptors (Lipinski definition) is 3. The fourth-order valence-electron chi connectivity index (χ4n) is 5.78. The van der Waals surface area contributed by atoms with Crippen LogP contribution in [-0.4, -0.2) is 46.9 Å². The van der Waals surface area contributed by atoms with Crippen molar-refractivity contribution in [2.24, 2.45) is 5.41 Å². The van der Waals surface area contributed by atoms with Gasteiger partial charge in [0, 0.05) is 43.1 Å². The third-order valence-corrected chi connectivity index (χ3v) is 8.18. The Balaban J connectivity index is 1.48. The number of alkyl halides is 2. The van der Waals surface area contributed by atoms with Gasteiger partial charge in [-0.1, -0.05) is 44.2 Å². The van der Waals surface area contributed by atoms with E-state index in [2.05, 4.69) is 0 Å². The topological polar surface area (TPSA) is 60.9 Å². The molecule has 2 aromatic rings. The van der Waals surface area contributed by atoms with Gasteiger partial charge in [0.05, 0.1) is 5.41 Å². The molecule has 0 aromatic heterocycles. The number of carboxylic acid groups (broad SMARTS) is 1. The van der Waals surface area contributed by atoms with Crippen LogP contribution in [0.1, 0.15) is 75.8 Å². The molecule has 2 aliphatic rings. The van der Waals surface area contributed by atoms with E-state index in [1.165, 1.54) is 4.90 Å². The highest BCUT2D eigenvalue weighted by Gasteiger charge is 2.46. The SMILES string of the molecule is CC(C)c1ccc(CN2CCC(CC(=O)N(c3ccccc3)C3CCCC(F)(F)C3)(C(=O)O)CC2)c(F)c1. The molecule has 206 valence electrons. The highest BCUT2D eigenvalue weighted by molar-refractivity contribution is 5.97. The van der Waals surface area contributed by atoms with E-state index in [1.54, 1.807) is 42.5 Å². The number of carbonyl (C=O) groups is 2. The number of carbonyl (C=O) groups excluding carboxylic acids is 1. The minimum absolute atomic E-state index is 0.198. The molecule has 1 unspecified atom stereocenters. The first-order valence-corrected chi connectivity index (χ1v) is 13.5. The number of anilines is 1. The van der Waals surface area contributed by atoms with Crippen molar-refractivity contribution < 1.29 is 27.9 Å². The Hall–Kier alpha value is -2.87. The summed E-state index contributed by atoms with van der Waals surface area (Å²) in [6, 6.07) is 13.3. The van der Waals surface area contributed by atoms with Crippen molar-refractivity contribution in [1.29, 1.82) is 0 Å². The second kappa shape index (κ2) is 11.5. The maximum Gasteiger partial charge on any atom is 0.310 e. The molecule has 1 N–H and O–H groups in total.